The molecule has 1 saturated heterocycles. The zero-order valence-electron chi connectivity index (χ0n) is 17.9. The number of amides is 2. The lowest BCUT2D eigenvalue weighted by Crippen LogP contribution is -2.39. The van der Waals surface area contributed by atoms with E-state index in [9.17, 15) is 9.59 Å². The van der Waals surface area contributed by atoms with Crippen molar-refractivity contribution in [2.45, 2.75) is 44.7 Å². The number of rotatable bonds is 5. The molecule has 0 saturated carbocycles. The predicted molar refractivity (Wildman–Crippen MR) is 122 cm³/mol. The summed E-state index contributed by atoms with van der Waals surface area (Å²) in [6.45, 7) is 2.63. The minimum atomic E-state index is -0.0683. The van der Waals surface area contributed by atoms with E-state index < -0.39 is 0 Å². The average molecular weight is 450 g/mol. The van der Waals surface area contributed by atoms with Gasteiger partial charge < -0.3 is 14.8 Å². The fraction of sp³-hybridized carbons (Fsp3) is 0.417. The molecule has 2 aliphatic heterocycles. The van der Waals surface area contributed by atoms with Gasteiger partial charge in [-0.1, -0.05) is 30.3 Å². The summed E-state index contributed by atoms with van der Waals surface area (Å²) < 4.78 is 2.16. The predicted octanol–water partition coefficient (Wildman–Crippen LogP) is 3.24. The van der Waals surface area contributed by atoms with Crippen molar-refractivity contribution < 1.29 is 9.59 Å². The molecule has 1 aromatic carbocycles. The number of benzene rings is 1. The minimum absolute atomic E-state index is 0.0683. The molecule has 5 rings (SSSR count). The largest absolute Gasteiger partial charge is 0.352 e. The maximum Gasteiger partial charge on any atom is 0.254 e. The van der Waals surface area contributed by atoms with Crippen molar-refractivity contribution in [2.75, 3.05) is 13.1 Å². The van der Waals surface area contributed by atoms with Gasteiger partial charge in [-0.3, -0.25) is 9.59 Å². The molecular formula is C24H27N5O2S. The van der Waals surface area contributed by atoms with E-state index in [0.29, 0.717) is 13.1 Å². The number of likely N-dealkylation sites (tertiary alicyclic amines) is 1. The van der Waals surface area contributed by atoms with E-state index in [1.54, 1.807) is 11.3 Å². The fourth-order valence-corrected chi connectivity index (χ4v) is 5.33. The molecule has 32 heavy (non-hydrogen) atoms. The van der Waals surface area contributed by atoms with Gasteiger partial charge in [0.05, 0.1) is 11.5 Å². The molecule has 8 heteroatoms. The van der Waals surface area contributed by atoms with Crippen molar-refractivity contribution in [1.29, 1.82) is 0 Å². The van der Waals surface area contributed by atoms with Gasteiger partial charge in [0.1, 0.15) is 11.6 Å². The first-order chi connectivity index (χ1) is 15.7. The van der Waals surface area contributed by atoms with E-state index in [-0.39, 0.29) is 23.7 Å². The van der Waals surface area contributed by atoms with Crippen molar-refractivity contribution in [3.63, 3.8) is 0 Å². The Morgan fingerprint density at radius 3 is 2.62 bits per heavy atom. The molecule has 7 nitrogen and oxygen atoms in total. The zero-order valence-corrected chi connectivity index (χ0v) is 18.8. The molecule has 166 valence electrons. The van der Waals surface area contributed by atoms with Crippen molar-refractivity contribution in [3.8, 4) is 0 Å². The molecule has 0 bridgehead atoms. The first-order valence-corrected chi connectivity index (χ1v) is 12.2. The number of aryl methyl sites for hydroxylation is 1. The Bertz CT molecular complexity index is 1070. The van der Waals surface area contributed by atoms with E-state index >= 15 is 0 Å². The molecule has 1 atom stereocenters. The van der Waals surface area contributed by atoms with Crippen LogP contribution in [0.25, 0.3) is 0 Å². The van der Waals surface area contributed by atoms with Crippen LogP contribution in [0.5, 0.6) is 0 Å². The number of carbonyl (C=O) groups is 2. The summed E-state index contributed by atoms with van der Waals surface area (Å²) in [5, 5.41) is 15.9. The van der Waals surface area contributed by atoms with Crippen LogP contribution in [0.1, 0.15) is 52.8 Å². The van der Waals surface area contributed by atoms with Gasteiger partial charge in [0, 0.05) is 43.9 Å². The number of hydrogen-bond acceptors (Lipinski definition) is 5. The highest BCUT2D eigenvalue weighted by atomic mass is 32.1. The van der Waals surface area contributed by atoms with E-state index in [1.807, 2.05) is 52.1 Å². The summed E-state index contributed by atoms with van der Waals surface area (Å²) in [5.74, 6) is 2.36. The third-order valence-corrected chi connectivity index (χ3v) is 7.25. The lowest BCUT2D eigenvalue weighted by molar-refractivity contribution is -0.126. The van der Waals surface area contributed by atoms with Gasteiger partial charge in [-0.15, -0.1) is 10.2 Å². The van der Waals surface area contributed by atoms with Crippen LogP contribution in [0.2, 0.25) is 0 Å². The molecule has 0 radical (unpaired) electrons. The fourth-order valence-electron chi connectivity index (χ4n) is 4.70. The summed E-state index contributed by atoms with van der Waals surface area (Å²) >= 11 is 1.55. The van der Waals surface area contributed by atoms with Gasteiger partial charge >= 0.3 is 0 Å². The number of nitrogens with zero attached hydrogens (tertiary/aromatic N) is 4. The minimum Gasteiger partial charge on any atom is -0.352 e. The van der Waals surface area contributed by atoms with Gasteiger partial charge in [0.2, 0.25) is 5.91 Å². The normalized spacial score (nSPS) is 18.9. The molecule has 2 aliphatic rings. The Morgan fingerprint density at radius 1 is 1.06 bits per heavy atom. The van der Waals surface area contributed by atoms with E-state index in [1.165, 1.54) is 0 Å². The number of piperidine rings is 1. The summed E-state index contributed by atoms with van der Waals surface area (Å²) in [6, 6.07) is 11.9. The van der Waals surface area contributed by atoms with Crippen molar-refractivity contribution in [3.05, 3.63) is 69.9 Å². The SMILES string of the molecule is O=C(NCc1ccccc1)C1CCc2nnc(C3CCN(C(=O)c4ccsc4)CC3)n2C1. The van der Waals surface area contributed by atoms with E-state index in [4.69, 9.17) is 0 Å². The molecule has 2 aromatic heterocycles. The number of hydrogen-bond donors (Lipinski definition) is 1. The van der Waals surface area contributed by atoms with E-state index in [0.717, 1.165) is 61.5 Å². The smallest absolute Gasteiger partial charge is 0.254 e. The van der Waals surface area contributed by atoms with E-state index in [2.05, 4.69) is 20.1 Å². The van der Waals surface area contributed by atoms with Crippen LogP contribution >= 0.6 is 11.3 Å². The Kier molecular flexibility index (Phi) is 6.03. The molecule has 1 N–H and O–H groups in total. The summed E-state index contributed by atoms with van der Waals surface area (Å²) in [6.07, 6.45) is 3.32. The molecule has 2 amide bonds. The number of nitrogens with one attached hydrogen (secondary N) is 1. The van der Waals surface area contributed by atoms with Crippen LogP contribution in [0.15, 0.2) is 47.2 Å². The van der Waals surface area contributed by atoms with Crippen molar-refractivity contribution in [2.24, 2.45) is 5.92 Å². The number of aromatic nitrogens is 3. The van der Waals surface area contributed by atoms with Crippen LogP contribution in [0, 0.1) is 5.92 Å². The highest BCUT2D eigenvalue weighted by Crippen LogP contribution is 2.31. The van der Waals surface area contributed by atoms with Crippen LogP contribution in [-0.2, 0) is 24.3 Å². The van der Waals surface area contributed by atoms with Gasteiger partial charge in [-0.2, -0.15) is 11.3 Å². The second-order valence-corrected chi connectivity index (χ2v) is 9.38. The lowest BCUT2D eigenvalue weighted by Gasteiger charge is -2.32. The summed E-state index contributed by atoms with van der Waals surface area (Å²) in [4.78, 5) is 27.4. The van der Waals surface area contributed by atoms with Crippen molar-refractivity contribution in [1.82, 2.24) is 25.0 Å². The summed E-state index contributed by atoms with van der Waals surface area (Å²) in [7, 11) is 0. The first-order valence-electron chi connectivity index (χ1n) is 11.2. The molecule has 3 aromatic rings. The Hall–Kier alpha value is -3.00. The second kappa shape index (κ2) is 9.24. The molecule has 0 aliphatic carbocycles. The monoisotopic (exact) mass is 449 g/mol. The third kappa shape index (κ3) is 4.32. The van der Waals surface area contributed by atoms with Gasteiger partial charge in [0.15, 0.2) is 0 Å². The topological polar surface area (TPSA) is 80.1 Å². The maximum atomic E-state index is 12.8. The van der Waals surface area contributed by atoms with Crippen molar-refractivity contribution >= 4 is 23.2 Å². The number of thiophene rings is 1. The van der Waals surface area contributed by atoms with Crippen LogP contribution in [0.3, 0.4) is 0 Å². The molecule has 1 fully saturated rings. The van der Waals surface area contributed by atoms with Gasteiger partial charge in [0.25, 0.3) is 5.91 Å². The molecule has 1 unspecified atom stereocenters. The van der Waals surface area contributed by atoms with Crippen LogP contribution < -0.4 is 5.32 Å². The molecule has 4 heterocycles. The molecular weight excluding hydrogens is 422 g/mol. The lowest BCUT2D eigenvalue weighted by atomic mass is 9.93. The summed E-state index contributed by atoms with van der Waals surface area (Å²) in [5.41, 5.74) is 1.88. The van der Waals surface area contributed by atoms with Crippen LogP contribution in [-0.4, -0.2) is 44.6 Å². The maximum absolute atomic E-state index is 12.8. The van der Waals surface area contributed by atoms with Crippen LogP contribution in [0.4, 0.5) is 0 Å². The molecule has 0 spiro atoms. The van der Waals surface area contributed by atoms with Gasteiger partial charge in [-0.05, 0) is 36.3 Å². The number of carbonyl (C=O) groups excluding carboxylic acids is 2. The Labute approximate surface area is 191 Å². The highest BCUT2D eigenvalue weighted by molar-refractivity contribution is 7.08. The Morgan fingerprint density at radius 2 is 1.88 bits per heavy atom. The highest BCUT2D eigenvalue weighted by Gasteiger charge is 2.32. The Balaban J connectivity index is 1.20. The third-order valence-electron chi connectivity index (χ3n) is 6.57. The number of fused-ring (bicyclic) bond motifs is 1. The standard InChI is InChI=1S/C24H27N5O2S/c30-23(25-14-17-4-2-1-3-5-17)19-6-7-21-26-27-22(29(21)15-19)18-8-11-28(12-9-18)24(31)20-10-13-32-16-20/h1-5,10,13,16,18-19H,6-9,11-12,14-15H2,(H,25,30). The average Bonchev–Trinajstić information content (AvgIpc) is 3.53. The quantitative estimate of drug-likeness (QED) is 0.649. The second-order valence-electron chi connectivity index (χ2n) is 8.60. The van der Waals surface area contributed by atoms with Gasteiger partial charge in [-0.25, -0.2) is 0 Å². The zero-order chi connectivity index (χ0) is 21.9. The first kappa shape index (κ1) is 20.9.